The van der Waals surface area contributed by atoms with Crippen LogP contribution in [0.5, 0.6) is 0 Å². The van der Waals surface area contributed by atoms with Crippen molar-refractivity contribution in [3.63, 3.8) is 0 Å². The molecule has 1 fully saturated rings. The van der Waals surface area contributed by atoms with Gasteiger partial charge in [0.25, 0.3) is 0 Å². The minimum atomic E-state index is -0.105. The van der Waals surface area contributed by atoms with Crippen LogP contribution in [-0.2, 0) is 4.79 Å². The number of amides is 1. The number of hydrogen-bond acceptors (Lipinski definition) is 1. The van der Waals surface area contributed by atoms with Gasteiger partial charge in [0, 0.05) is 5.92 Å². The minimum Gasteiger partial charge on any atom is -0.369 e. The van der Waals surface area contributed by atoms with Gasteiger partial charge < -0.3 is 5.73 Å². The molecule has 1 rings (SSSR count). The van der Waals surface area contributed by atoms with Gasteiger partial charge in [0.15, 0.2) is 0 Å². The normalized spacial score (nSPS) is 33.7. The fraction of sp³-hybridized carbons (Fsp3) is 0.875. The van der Waals surface area contributed by atoms with Crippen LogP contribution in [0.1, 0.15) is 32.6 Å². The van der Waals surface area contributed by atoms with E-state index in [2.05, 4.69) is 6.92 Å². The summed E-state index contributed by atoms with van der Waals surface area (Å²) in [6, 6.07) is 0. The highest BCUT2D eigenvalue weighted by molar-refractivity contribution is 5.76. The largest absolute Gasteiger partial charge is 0.369 e. The molecular formula is C8H15NO. The molecule has 0 spiro atoms. The smallest absolute Gasteiger partial charge is 0.220 e. The Morgan fingerprint density at radius 1 is 1.50 bits per heavy atom. The molecule has 0 aromatic carbocycles. The molecule has 0 aromatic rings. The fourth-order valence-corrected chi connectivity index (χ4v) is 1.69. The standard InChI is InChI=1S/C8H15NO/c1-6-3-2-4-7(5-6)8(9)10/h6-7H,2-5H2,1H3,(H2,9,10)/t6?,7-/m0/s1. The van der Waals surface area contributed by atoms with Crippen molar-refractivity contribution in [1.82, 2.24) is 0 Å². The maximum Gasteiger partial charge on any atom is 0.220 e. The summed E-state index contributed by atoms with van der Waals surface area (Å²) in [5, 5.41) is 0. The Bertz CT molecular complexity index is 133. The topological polar surface area (TPSA) is 43.1 Å². The Morgan fingerprint density at radius 2 is 2.20 bits per heavy atom. The predicted octanol–water partition coefficient (Wildman–Crippen LogP) is 1.30. The second-order valence-corrected chi connectivity index (χ2v) is 3.37. The Kier molecular flexibility index (Phi) is 2.30. The summed E-state index contributed by atoms with van der Waals surface area (Å²) in [6.45, 7) is 2.19. The van der Waals surface area contributed by atoms with E-state index in [9.17, 15) is 4.79 Å². The molecule has 2 nitrogen and oxygen atoms in total. The van der Waals surface area contributed by atoms with E-state index in [0.29, 0.717) is 5.92 Å². The van der Waals surface area contributed by atoms with Crippen molar-refractivity contribution in [2.45, 2.75) is 32.6 Å². The average molecular weight is 141 g/mol. The van der Waals surface area contributed by atoms with Crippen LogP contribution >= 0.6 is 0 Å². The molecule has 2 heteroatoms. The molecule has 1 aliphatic carbocycles. The second kappa shape index (κ2) is 3.04. The van der Waals surface area contributed by atoms with E-state index < -0.39 is 0 Å². The lowest BCUT2D eigenvalue weighted by Gasteiger charge is -2.23. The molecule has 0 saturated heterocycles. The van der Waals surface area contributed by atoms with Gasteiger partial charge in [-0.1, -0.05) is 19.8 Å². The van der Waals surface area contributed by atoms with Crippen molar-refractivity contribution in [2.75, 3.05) is 0 Å². The SMILES string of the molecule is CC1CCC[C@H](C(N)=O)C1. The van der Waals surface area contributed by atoms with E-state index >= 15 is 0 Å². The number of hydrogen-bond donors (Lipinski definition) is 1. The van der Waals surface area contributed by atoms with Crippen molar-refractivity contribution in [2.24, 2.45) is 17.6 Å². The van der Waals surface area contributed by atoms with Gasteiger partial charge in [0.2, 0.25) is 5.91 Å². The first kappa shape index (κ1) is 7.58. The maximum atomic E-state index is 10.7. The highest BCUT2D eigenvalue weighted by Crippen LogP contribution is 2.27. The van der Waals surface area contributed by atoms with Gasteiger partial charge in [-0.15, -0.1) is 0 Å². The molecule has 2 atom stereocenters. The van der Waals surface area contributed by atoms with Crippen LogP contribution in [0.3, 0.4) is 0 Å². The zero-order valence-corrected chi connectivity index (χ0v) is 6.47. The van der Waals surface area contributed by atoms with Gasteiger partial charge in [-0.05, 0) is 18.8 Å². The van der Waals surface area contributed by atoms with Crippen LogP contribution in [0.25, 0.3) is 0 Å². The van der Waals surface area contributed by atoms with Crippen molar-refractivity contribution >= 4 is 5.91 Å². The molecule has 0 bridgehead atoms. The second-order valence-electron chi connectivity index (χ2n) is 3.37. The van der Waals surface area contributed by atoms with E-state index in [1.54, 1.807) is 0 Å². The van der Waals surface area contributed by atoms with Crippen LogP contribution in [0.4, 0.5) is 0 Å². The van der Waals surface area contributed by atoms with Gasteiger partial charge in [-0.2, -0.15) is 0 Å². The summed E-state index contributed by atoms with van der Waals surface area (Å²) in [5.74, 6) is 0.765. The van der Waals surface area contributed by atoms with Crippen molar-refractivity contribution < 1.29 is 4.79 Å². The molecule has 1 aliphatic rings. The first-order valence-corrected chi connectivity index (χ1v) is 3.99. The van der Waals surface area contributed by atoms with Crippen molar-refractivity contribution in [3.05, 3.63) is 0 Å². The first-order valence-electron chi connectivity index (χ1n) is 3.99. The average Bonchev–Trinajstić information content (AvgIpc) is 1.88. The summed E-state index contributed by atoms with van der Waals surface area (Å²) < 4.78 is 0. The lowest BCUT2D eigenvalue weighted by Crippen LogP contribution is -2.27. The summed E-state index contributed by atoms with van der Waals surface area (Å²) in [7, 11) is 0. The van der Waals surface area contributed by atoms with Crippen LogP contribution in [0.15, 0.2) is 0 Å². The summed E-state index contributed by atoms with van der Waals surface area (Å²) >= 11 is 0. The van der Waals surface area contributed by atoms with Crippen LogP contribution < -0.4 is 5.73 Å². The zero-order chi connectivity index (χ0) is 7.56. The molecule has 1 amide bonds. The van der Waals surface area contributed by atoms with E-state index in [4.69, 9.17) is 5.73 Å². The molecule has 0 aliphatic heterocycles. The molecular weight excluding hydrogens is 126 g/mol. The van der Waals surface area contributed by atoms with Gasteiger partial charge in [0.05, 0.1) is 0 Å². The molecule has 10 heavy (non-hydrogen) atoms. The molecule has 0 aromatic heterocycles. The Balaban J connectivity index is 2.39. The number of primary amides is 1. The third kappa shape index (κ3) is 1.72. The Hall–Kier alpha value is -0.530. The third-order valence-electron chi connectivity index (χ3n) is 2.34. The minimum absolute atomic E-state index is 0.105. The molecule has 0 heterocycles. The van der Waals surface area contributed by atoms with Crippen molar-refractivity contribution in [3.8, 4) is 0 Å². The number of carbonyl (C=O) groups excluding carboxylic acids is 1. The van der Waals surface area contributed by atoms with Gasteiger partial charge in [-0.25, -0.2) is 0 Å². The molecule has 0 radical (unpaired) electrons. The number of nitrogens with two attached hydrogens (primary N) is 1. The highest BCUT2D eigenvalue weighted by atomic mass is 16.1. The Labute approximate surface area is 61.8 Å². The van der Waals surface area contributed by atoms with Crippen LogP contribution in [0, 0.1) is 11.8 Å². The molecule has 58 valence electrons. The zero-order valence-electron chi connectivity index (χ0n) is 6.47. The summed E-state index contributed by atoms with van der Waals surface area (Å²) in [4.78, 5) is 10.7. The summed E-state index contributed by atoms with van der Waals surface area (Å²) in [6.07, 6.45) is 4.47. The van der Waals surface area contributed by atoms with Crippen LogP contribution in [-0.4, -0.2) is 5.91 Å². The quantitative estimate of drug-likeness (QED) is 0.587. The number of carbonyl (C=O) groups is 1. The van der Waals surface area contributed by atoms with E-state index in [1.807, 2.05) is 0 Å². The van der Waals surface area contributed by atoms with E-state index in [-0.39, 0.29) is 11.8 Å². The Morgan fingerprint density at radius 3 is 2.60 bits per heavy atom. The highest BCUT2D eigenvalue weighted by Gasteiger charge is 2.22. The monoisotopic (exact) mass is 141 g/mol. The first-order chi connectivity index (χ1) is 4.70. The van der Waals surface area contributed by atoms with Gasteiger partial charge >= 0.3 is 0 Å². The number of rotatable bonds is 1. The maximum absolute atomic E-state index is 10.7. The lowest BCUT2D eigenvalue weighted by atomic mass is 9.82. The molecule has 1 saturated carbocycles. The summed E-state index contributed by atoms with van der Waals surface area (Å²) in [5.41, 5.74) is 5.19. The predicted molar refractivity (Wildman–Crippen MR) is 40.3 cm³/mol. The van der Waals surface area contributed by atoms with E-state index in [1.165, 1.54) is 12.8 Å². The third-order valence-corrected chi connectivity index (χ3v) is 2.34. The van der Waals surface area contributed by atoms with Gasteiger partial charge in [-0.3, -0.25) is 4.79 Å². The van der Waals surface area contributed by atoms with Crippen molar-refractivity contribution in [1.29, 1.82) is 0 Å². The lowest BCUT2D eigenvalue weighted by molar-refractivity contribution is -0.123. The molecule has 1 unspecified atom stereocenters. The van der Waals surface area contributed by atoms with E-state index in [0.717, 1.165) is 12.8 Å². The van der Waals surface area contributed by atoms with Crippen LogP contribution in [0.2, 0.25) is 0 Å². The fourth-order valence-electron chi connectivity index (χ4n) is 1.69. The molecule has 2 N–H and O–H groups in total. The van der Waals surface area contributed by atoms with Gasteiger partial charge in [0.1, 0.15) is 0 Å².